The molecule has 1 fully saturated rings. The molecule has 1 aliphatic carbocycles. The molecule has 1 aliphatic rings. The highest BCUT2D eigenvalue weighted by atomic mass is 32.2. The number of aromatic nitrogens is 5. The van der Waals surface area contributed by atoms with Crippen molar-refractivity contribution in [3.63, 3.8) is 0 Å². The van der Waals surface area contributed by atoms with Gasteiger partial charge in [0, 0.05) is 12.6 Å². The molecule has 0 bridgehead atoms. The number of anilines is 1. The van der Waals surface area contributed by atoms with Crippen LogP contribution in [0.3, 0.4) is 0 Å². The predicted octanol–water partition coefficient (Wildman–Crippen LogP) is 4.07. The van der Waals surface area contributed by atoms with E-state index < -0.39 is 0 Å². The van der Waals surface area contributed by atoms with Gasteiger partial charge in [-0.15, -0.1) is 21.5 Å². The number of rotatable bonds is 7. The quantitative estimate of drug-likeness (QED) is 0.603. The maximum Gasteiger partial charge on any atom is 0.235 e. The number of carbonyl (C=O) groups excluding carboxylic acids is 1. The Bertz CT molecular complexity index is 895. The van der Waals surface area contributed by atoms with E-state index in [1.54, 1.807) is 17.5 Å². The van der Waals surface area contributed by atoms with Crippen LogP contribution < -0.4 is 5.32 Å². The van der Waals surface area contributed by atoms with E-state index in [4.69, 9.17) is 0 Å². The molecule has 4 rings (SSSR count). The smallest absolute Gasteiger partial charge is 0.235 e. The van der Waals surface area contributed by atoms with Crippen molar-refractivity contribution in [2.75, 3.05) is 11.1 Å². The second-order valence-corrected chi connectivity index (χ2v) is 8.35. The molecule has 3 aromatic heterocycles. The molecule has 3 aromatic rings. The van der Waals surface area contributed by atoms with Gasteiger partial charge in [-0.25, -0.2) is 4.68 Å². The number of hydrogen-bond acceptors (Lipinski definition) is 6. The van der Waals surface area contributed by atoms with Gasteiger partial charge >= 0.3 is 0 Å². The Morgan fingerprint density at radius 1 is 1.33 bits per heavy atom. The van der Waals surface area contributed by atoms with E-state index in [0.29, 0.717) is 11.8 Å². The zero-order valence-corrected chi connectivity index (χ0v) is 16.8. The average Bonchev–Trinajstić information content (AvgIpc) is 3.46. The first-order valence-corrected chi connectivity index (χ1v) is 11.1. The number of carbonyl (C=O) groups is 1. The summed E-state index contributed by atoms with van der Waals surface area (Å²) in [6.45, 7) is 2.82. The topological polar surface area (TPSA) is 77.6 Å². The van der Waals surface area contributed by atoms with E-state index in [2.05, 4.69) is 27.5 Å². The van der Waals surface area contributed by atoms with Gasteiger partial charge in [-0.3, -0.25) is 4.79 Å². The van der Waals surface area contributed by atoms with Gasteiger partial charge in [0.25, 0.3) is 0 Å². The highest BCUT2D eigenvalue weighted by molar-refractivity contribution is 7.99. The standard InChI is InChI=1S/C18H22N6OS2/c1-2-23-17(14-8-5-11-26-14)21-22-18(23)27-12-16(25)20-15-9-10-19-24(15)13-6-3-4-7-13/h5,8-11,13H,2-4,6-7,12H2,1H3,(H,20,25). The third-order valence-corrected chi connectivity index (χ3v) is 6.55. The molecule has 3 heterocycles. The molecular formula is C18H22N6OS2. The van der Waals surface area contributed by atoms with Gasteiger partial charge in [0.05, 0.1) is 22.9 Å². The summed E-state index contributed by atoms with van der Waals surface area (Å²) >= 11 is 3.05. The second kappa shape index (κ2) is 8.26. The first-order valence-electron chi connectivity index (χ1n) is 9.19. The maximum absolute atomic E-state index is 12.5. The number of hydrogen-bond donors (Lipinski definition) is 1. The number of amides is 1. The van der Waals surface area contributed by atoms with Crippen LogP contribution in [0.25, 0.3) is 10.7 Å². The van der Waals surface area contributed by atoms with Gasteiger partial charge in [0.15, 0.2) is 11.0 Å². The summed E-state index contributed by atoms with van der Waals surface area (Å²) in [5.74, 6) is 1.87. The zero-order chi connectivity index (χ0) is 18.6. The molecule has 9 heteroatoms. The number of nitrogens with one attached hydrogen (secondary N) is 1. The summed E-state index contributed by atoms with van der Waals surface area (Å²) in [5, 5.41) is 18.8. The first kappa shape index (κ1) is 18.2. The Morgan fingerprint density at radius 3 is 2.93 bits per heavy atom. The van der Waals surface area contributed by atoms with Gasteiger partial charge in [-0.05, 0) is 31.2 Å². The van der Waals surface area contributed by atoms with E-state index in [1.165, 1.54) is 24.6 Å². The zero-order valence-electron chi connectivity index (χ0n) is 15.2. The van der Waals surface area contributed by atoms with Crippen LogP contribution in [0.4, 0.5) is 5.82 Å². The molecule has 0 aliphatic heterocycles. The van der Waals surface area contributed by atoms with Crippen molar-refractivity contribution in [3.05, 3.63) is 29.8 Å². The van der Waals surface area contributed by atoms with Crippen molar-refractivity contribution < 1.29 is 4.79 Å². The van der Waals surface area contributed by atoms with Crippen LogP contribution in [0.15, 0.2) is 34.9 Å². The lowest BCUT2D eigenvalue weighted by Gasteiger charge is -2.14. The average molecular weight is 403 g/mol. The summed E-state index contributed by atoms with van der Waals surface area (Å²) in [4.78, 5) is 13.5. The van der Waals surface area contributed by atoms with Crippen molar-refractivity contribution in [2.24, 2.45) is 0 Å². The monoisotopic (exact) mass is 402 g/mol. The third kappa shape index (κ3) is 3.93. The van der Waals surface area contributed by atoms with Gasteiger partial charge in [0.2, 0.25) is 5.91 Å². The lowest BCUT2D eigenvalue weighted by atomic mass is 10.2. The molecule has 142 valence electrons. The van der Waals surface area contributed by atoms with Crippen LogP contribution in [0.1, 0.15) is 38.6 Å². The molecular weight excluding hydrogens is 380 g/mol. The largest absolute Gasteiger partial charge is 0.310 e. The first-order chi connectivity index (χ1) is 13.3. The van der Waals surface area contributed by atoms with Crippen LogP contribution >= 0.6 is 23.1 Å². The normalized spacial score (nSPS) is 14.7. The van der Waals surface area contributed by atoms with E-state index >= 15 is 0 Å². The third-order valence-electron chi connectivity index (χ3n) is 4.72. The molecule has 0 radical (unpaired) electrons. The Labute approximate surface area is 166 Å². The molecule has 1 N–H and O–H groups in total. The summed E-state index contributed by atoms with van der Waals surface area (Å²) in [6.07, 6.45) is 6.47. The fraction of sp³-hybridized carbons (Fsp3) is 0.444. The molecule has 1 amide bonds. The minimum absolute atomic E-state index is 0.0527. The lowest BCUT2D eigenvalue weighted by Crippen LogP contribution is -2.19. The van der Waals surface area contributed by atoms with E-state index in [1.807, 2.05) is 32.8 Å². The Kier molecular flexibility index (Phi) is 5.58. The van der Waals surface area contributed by atoms with E-state index in [9.17, 15) is 4.79 Å². The van der Waals surface area contributed by atoms with Crippen LogP contribution in [0.2, 0.25) is 0 Å². The second-order valence-electron chi connectivity index (χ2n) is 6.46. The SMILES string of the molecule is CCn1c(SCC(=O)Nc2ccnn2C2CCCC2)nnc1-c1cccs1. The Balaban J connectivity index is 1.40. The van der Waals surface area contributed by atoms with Crippen molar-refractivity contribution in [1.29, 1.82) is 0 Å². The Hall–Kier alpha value is -2.13. The van der Waals surface area contributed by atoms with Crippen molar-refractivity contribution in [1.82, 2.24) is 24.5 Å². The molecule has 0 aromatic carbocycles. The highest BCUT2D eigenvalue weighted by Gasteiger charge is 2.21. The predicted molar refractivity (Wildman–Crippen MR) is 108 cm³/mol. The highest BCUT2D eigenvalue weighted by Crippen LogP contribution is 2.31. The van der Waals surface area contributed by atoms with E-state index in [-0.39, 0.29) is 5.91 Å². The van der Waals surface area contributed by atoms with Crippen molar-refractivity contribution in [3.8, 4) is 10.7 Å². The molecule has 7 nitrogen and oxygen atoms in total. The van der Waals surface area contributed by atoms with Crippen LogP contribution in [-0.4, -0.2) is 36.2 Å². The molecule has 0 spiro atoms. The molecule has 1 saturated carbocycles. The van der Waals surface area contributed by atoms with Crippen LogP contribution in [0.5, 0.6) is 0 Å². The van der Waals surface area contributed by atoms with Crippen molar-refractivity contribution in [2.45, 2.75) is 50.4 Å². The summed E-state index contributed by atoms with van der Waals surface area (Å²) in [7, 11) is 0. The van der Waals surface area contributed by atoms with Crippen molar-refractivity contribution >= 4 is 34.8 Å². The number of thioether (sulfide) groups is 1. The van der Waals surface area contributed by atoms with E-state index in [0.717, 1.165) is 41.1 Å². The summed E-state index contributed by atoms with van der Waals surface area (Å²) in [6, 6.07) is 6.30. The minimum Gasteiger partial charge on any atom is -0.310 e. The molecule has 0 saturated heterocycles. The minimum atomic E-state index is -0.0527. The summed E-state index contributed by atoms with van der Waals surface area (Å²) in [5.41, 5.74) is 0. The molecule has 0 atom stereocenters. The molecule has 27 heavy (non-hydrogen) atoms. The van der Waals surface area contributed by atoms with Gasteiger partial charge in [-0.2, -0.15) is 5.10 Å². The number of thiophene rings is 1. The van der Waals surface area contributed by atoms with Gasteiger partial charge < -0.3 is 9.88 Å². The fourth-order valence-corrected chi connectivity index (χ4v) is 4.95. The molecule has 0 unspecified atom stereocenters. The van der Waals surface area contributed by atoms with Crippen LogP contribution in [-0.2, 0) is 11.3 Å². The summed E-state index contributed by atoms with van der Waals surface area (Å²) < 4.78 is 4.01. The van der Waals surface area contributed by atoms with Gasteiger partial charge in [-0.1, -0.05) is 30.7 Å². The maximum atomic E-state index is 12.5. The van der Waals surface area contributed by atoms with Crippen LogP contribution in [0, 0.1) is 0 Å². The lowest BCUT2D eigenvalue weighted by molar-refractivity contribution is -0.113. The van der Waals surface area contributed by atoms with Gasteiger partial charge in [0.1, 0.15) is 5.82 Å². The Morgan fingerprint density at radius 2 is 2.19 bits per heavy atom. The number of nitrogens with zero attached hydrogens (tertiary/aromatic N) is 5. The fourth-order valence-electron chi connectivity index (χ4n) is 3.43.